The van der Waals surface area contributed by atoms with E-state index in [1.54, 1.807) is 19.2 Å². The van der Waals surface area contributed by atoms with Gasteiger partial charge in [0.2, 0.25) is 5.91 Å². The number of carboxylic acid groups (broad SMARTS) is 1. The molecule has 0 aliphatic carbocycles. The van der Waals surface area contributed by atoms with Crippen molar-refractivity contribution in [1.82, 2.24) is 10.3 Å². The van der Waals surface area contributed by atoms with Gasteiger partial charge in [0.15, 0.2) is 0 Å². The number of fused-ring (bicyclic) bond motifs is 1. The third-order valence-electron chi connectivity index (χ3n) is 4.53. The Hall–Kier alpha value is -2.90. The molecular weight excluding hydrogens is 326 g/mol. The van der Waals surface area contributed by atoms with E-state index in [0.717, 1.165) is 0 Å². The van der Waals surface area contributed by atoms with Crippen molar-refractivity contribution in [1.29, 1.82) is 0 Å². The minimum Gasteiger partial charge on any atom is -0.481 e. The number of aromatic amines is 1. The lowest BCUT2D eigenvalue weighted by molar-refractivity contribution is -0.384. The number of hydrogen-bond acceptors (Lipinski definition) is 4. The van der Waals surface area contributed by atoms with Gasteiger partial charge in [-0.3, -0.25) is 19.7 Å². The van der Waals surface area contributed by atoms with E-state index in [2.05, 4.69) is 10.3 Å². The average Bonchev–Trinajstić information content (AvgIpc) is 2.88. The summed E-state index contributed by atoms with van der Waals surface area (Å²) < 4.78 is 0. The van der Waals surface area contributed by atoms with Gasteiger partial charge < -0.3 is 15.4 Å². The molecule has 1 atom stereocenters. The lowest BCUT2D eigenvalue weighted by Crippen LogP contribution is -2.51. The number of non-ortho nitro benzene ring substituents is 1. The molecule has 2 rings (SSSR count). The van der Waals surface area contributed by atoms with E-state index in [9.17, 15) is 19.7 Å². The number of amides is 1. The van der Waals surface area contributed by atoms with E-state index in [1.165, 1.54) is 12.1 Å². The summed E-state index contributed by atoms with van der Waals surface area (Å²) in [5, 5.41) is 23.4. The fourth-order valence-corrected chi connectivity index (χ4v) is 2.67. The largest absolute Gasteiger partial charge is 0.481 e. The lowest BCUT2D eigenvalue weighted by Gasteiger charge is -2.33. The standard InChI is InChI=1S/C17H21N3O5/c1-10(2)17(3,8-16(22)23)19-15(21)6-11-9-18-14-5-4-12(20(24)25)7-13(11)14/h4-5,7,9-10,18H,6,8H2,1-3H3,(H,19,21)(H,22,23). The van der Waals surface area contributed by atoms with Gasteiger partial charge in [0.1, 0.15) is 0 Å². The summed E-state index contributed by atoms with van der Waals surface area (Å²) in [6.07, 6.45) is 1.46. The van der Waals surface area contributed by atoms with Gasteiger partial charge in [0, 0.05) is 34.8 Å². The van der Waals surface area contributed by atoms with Crippen LogP contribution in [0.4, 0.5) is 5.69 Å². The molecule has 8 nitrogen and oxygen atoms in total. The highest BCUT2D eigenvalue weighted by Gasteiger charge is 2.32. The molecule has 1 aromatic heterocycles. The van der Waals surface area contributed by atoms with Gasteiger partial charge in [0.05, 0.1) is 17.8 Å². The second-order valence-corrected chi connectivity index (χ2v) is 6.67. The zero-order chi connectivity index (χ0) is 18.8. The van der Waals surface area contributed by atoms with Gasteiger partial charge in [-0.1, -0.05) is 13.8 Å². The number of aromatic nitrogens is 1. The zero-order valence-corrected chi connectivity index (χ0v) is 14.3. The predicted molar refractivity (Wildman–Crippen MR) is 92.3 cm³/mol. The van der Waals surface area contributed by atoms with Crippen molar-refractivity contribution in [2.24, 2.45) is 5.92 Å². The third kappa shape index (κ3) is 4.14. The van der Waals surface area contributed by atoms with Crippen molar-refractivity contribution in [2.75, 3.05) is 0 Å². The van der Waals surface area contributed by atoms with Crippen LogP contribution in [0.2, 0.25) is 0 Å². The minimum atomic E-state index is -0.987. The van der Waals surface area contributed by atoms with Crippen LogP contribution in [0.1, 0.15) is 32.8 Å². The number of carbonyl (C=O) groups excluding carboxylic acids is 1. The zero-order valence-electron chi connectivity index (χ0n) is 14.3. The second-order valence-electron chi connectivity index (χ2n) is 6.67. The summed E-state index contributed by atoms with van der Waals surface area (Å²) in [5.41, 5.74) is 0.399. The normalized spacial score (nSPS) is 13.6. The molecule has 2 aromatic rings. The molecule has 8 heteroatoms. The van der Waals surface area contributed by atoms with Crippen molar-refractivity contribution in [3.63, 3.8) is 0 Å². The fraction of sp³-hybridized carbons (Fsp3) is 0.412. The predicted octanol–water partition coefficient (Wildman–Crippen LogP) is 2.62. The highest BCUT2D eigenvalue weighted by molar-refractivity contribution is 5.90. The SMILES string of the molecule is CC(C)C(C)(CC(=O)O)NC(=O)Cc1c[nH]c2ccc([N+](=O)[O-])cc12. The summed E-state index contributed by atoms with van der Waals surface area (Å²) in [5.74, 6) is -1.39. The monoisotopic (exact) mass is 347 g/mol. The molecule has 0 spiro atoms. The number of nitro groups is 1. The molecule has 0 aliphatic heterocycles. The first-order valence-corrected chi connectivity index (χ1v) is 7.89. The number of H-pyrrole nitrogens is 1. The van der Waals surface area contributed by atoms with E-state index in [0.29, 0.717) is 16.5 Å². The highest BCUT2D eigenvalue weighted by Crippen LogP contribution is 2.25. The van der Waals surface area contributed by atoms with Crippen LogP contribution in [-0.4, -0.2) is 32.4 Å². The Balaban J connectivity index is 2.22. The molecule has 1 heterocycles. The van der Waals surface area contributed by atoms with Crippen LogP contribution >= 0.6 is 0 Å². The first-order chi connectivity index (χ1) is 11.6. The van der Waals surface area contributed by atoms with E-state index >= 15 is 0 Å². The molecule has 0 bridgehead atoms. The maximum atomic E-state index is 12.4. The Morgan fingerprint density at radius 1 is 1.40 bits per heavy atom. The fourth-order valence-electron chi connectivity index (χ4n) is 2.67. The number of carboxylic acids is 1. The smallest absolute Gasteiger partial charge is 0.305 e. The van der Waals surface area contributed by atoms with Crippen molar-refractivity contribution in [3.05, 3.63) is 40.1 Å². The molecule has 0 fully saturated rings. The highest BCUT2D eigenvalue weighted by atomic mass is 16.6. The van der Waals surface area contributed by atoms with Crippen molar-refractivity contribution >= 4 is 28.5 Å². The number of carbonyl (C=O) groups is 2. The van der Waals surface area contributed by atoms with Gasteiger partial charge in [-0.2, -0.15) is 0 Å². The second kappa shape index (κ2) is 6.92. The Labute approximate surface area is 144 Å². The number of benzene rings is 1. The summed E-state index contributed by atoms with van der Waals surface area (Å²) in [4.78, 5) is 36.9. The van der Waals surface area contributed by atoms with Crippen molar-refractivity contribution in [2.45, 2.75) is 39.2 Å². The number of aliphatic carboxylic acids is 1. The molecule has 0 saturated carbocycles. The molecule has 25 heavy (non-hydrogen) atoms. The Bertz CT molecular complexity index is 827. The van der Waals surface area contributed by atoms with Gasteiger partial charge >= 0.3 is 5.97 Å². The Kier molecular flexibility index (Phi) is 5.10. The maximum Gasteiger partial charge on any atom is 0.305 e. The summed E-state index contributed by atoms with van der Waals surface area (Å²) >= 11 is 0. The first-order valence-electron chi connectivity index (χ1n) is 7.89. The van der Waals surface area contributed by atoms with Crippen LogP contribution in [-0.2, 0) is 16.0 Å². The van der Waals surface area contributed by atoms with Crippen LogP contribution in [0.3, 0.4) is 0 Å². The summed E-state index contributed by atoms with van der Waals surface area (Å²) in [7, 11) is 0. The topological polar surface area (TPSA) is 125 Å². The van der Waals surface area contributed by atoms with Crippen molar-refractivity contribution < 1.29 is 19.6 Å². The van der Waals surface area contributed by atoms with Gasteiger partial charge in [-0.15, -0.1) is 0 Å². The van der Waals surface area contributed by atoms with E-state index in [-0.39, 0.29) is 30.4 Å². The van der Waals surface area contributed by atoms with Crippen LogP contribution in [0.25, 0.3) is 10.9 Å². The van der Waals surface area contributed by atoms with Gasteiger partial charge in [-0.25, -0.2) is 0 Å². The van der Waals surface area contributed by atoms with E-state index < -0.39 is 16.4 Å². The third-order valence-corrected chi connectivity index (χ3v) is 4.53. The molecule has 0 saturated heterocycles. The van der Waals surface area contributed by atoms with Crippen molar-refractivity contribution in [3.8, 4) is 0 Å². The van der Waals surface area contributed by atoms with E-state index in [1.807, 2.05) is 13.8 Å². The van der Waals surface area contributed by atoms with Crippen LogP contribution in [0.15, 0.2) is 24.4 Å². The Morgan fingerprint density at radius 2 is 2.08 bits per heavy atom. The molecule has 134 valence electrons. The summed E-state index contributed by atoms with van der Waals surface area (Å²) in [6, 6.07) is 4.41. The number of hydrogen-bond donors (Lipinski definition) is 3. The number of nitro benzene ring substituents is 1. The maximum absolute atomic E-state index is 12.4. The van der Waals surface area contributed by atoms with Crippen LogP contribution < -0.4 is 5.32 Å². The average molecular weight is 347 g/mol. The molecule has 1 unspecified atom stereocenters. The first kappa shape index (κ1) is 18.4. The summed E-state index contributed by atoms with van der Waals surface area (Å²) in [6.45, 7) is 5.39. The molecule has 0 aliphatic rings. The minimum absolute atomic E-state index is 0.00307. The number of nitrogens with one attached hydrogen (secondary N) is 2. The van der Waals surface area contributed by atoms with Gasteiger partial charge in [0.25, 0.3) is 5.69 Å². The van der Waals surface area contributed by atoms with Crippen LogP contribution in [0, 0.1) is 16.0 Å². The number of nitrogens with zero attached hydrogens (tertiary/aromatic N) is 1. The Morgan fingerprint density at radius 3 is 2.64 bits per heavy atom. The molecular formula is C17H21N3O5. The van der Waals surface area contributed by atoms with Gasteiger partial charge in [-0.05, 0) is 24.5 Å². The molecule has 1 aromatic carbocycles. The number of rotatable bonds is 7. The van der Waals surface area contributed by atoms with E-state index in [4.69, 9.17) is 5.11 Å². The lowest BCUT2D eigenvalue weighted by atomic mass is 9.85. The molecule has 0 radical (unpaired) electrons. The molecule has 3 N–H and O–H groups in total. The van der Waals surface area contributed by atoms with Crippen LogP contribution in [0.5, 0.6) is 0 Å². The quantitative estimate of drug-likeness (QED) is 0.524. The molecule has 1 amide bonds.